The van der Waals surface area contributed by atoms with Gasteiger partial charge in [0.25, 0.3) is 0 Å². The fourth-order valence-electron chi connectivity index (χ4n) is 5.98. The number of halogens is 1. The molecule has 2 aliphatic rings. The number of ketones is 1. The van der Waals surface area contributed by atoms with E-state index in [4.69, 9.17) is 19.9 Å². The van der Waals surface area contributed by atoms with Gasteiger partial charge in [0.15, 0.2) is 5.78 Å². The minimum atomic E-state index is -1.21. The number of para-hydroxylation sites is 1. The highest BCUT2D eigenvalue weighted by Crippen LogP contribution is 2.51. The number of rotatable bonds is 8. The molecule has 0 radical (unpaired) electrons. The molecule has 0 bridgehead atoms. The number of ether oxygens (including phenoxy) is 3. The largest absolute Gasteiger partial charge is 0.497 e. The Morgan fingerprint density at radius 2 is 1.63 bits per heavy atom. The maximum Gasteiger partial charge on any atom is 0.338 e. The Morgan fingerprint density at radius 1 is 0.930 bits per heavy atom. The molecule has 1 aliphatic carbocycles. The van der Waals surface area contributed by atoms with Gasteiger partial charge in [-0.3, -0.25) is 14.5 Å². The van der Waals surface area contributed by atoms with Gasteiger partial charge in [0.05, 0.1) is 31.8 Å². The number of nitrogens with two attached hydrogens (primary N) is 1. The number of carbonyl (C=O) groups excluding carboxylic acids is 3. The molecule has 0 saturated heterocycles. The number of Topliss-reactive ketones (excluding diaryl/α,β-unsaturated/α-hetero) is 1. The van der Waals surface area contributed by atoms with Crippen molar-refractivity contribution in [3.05, 3.63) is 118 Å². The lowest BCUT2D eigenvalue weighted by Gasteiger charge is -2.44. The van der Waals surface area contributed by atoms with Crippen LogP contribution in [0, 0.1) is 11.7 Å². The van der Waals surface area contributed by atoms with Gasteiger partial charge in [-0.1, -0.05) is 42.5 Å². The van der Waals surface area contributed by atoms with E-state index < -0.39 is 41.3 Å². The number of anilines is 1. The number of allylic oxidation sites excluding steroid dienone is 2. The number of esters is 2. The second kappa shape index (κ2) is 12.5. The van der Waals surface area contributed by atoms with Crippen LogP contribution in [-0.2, 0) is 23.9 Å². The first-order valence-electron chi connectivity index (χ1n) is 14.2. The van der Waals surface area contributed by atoms with E-state index in [1.807, 2.05) is 36.4 Å². The Morgan fingerprint density at radius 3 is 2.28 bits per heavy atom. The Balaban J connectivity index is 1.81. The van der Waals surface area contributed by atoms with Crippen molar-refractivity contribution in [1.29, 1.82) is 0 Å². The third-order valence-corrected chi connectivity index (χ3v) is 7.81. The molecule has 8 nitrogen and oxygen atoms in total. The molecule has 222 valence electrons. The predicted octanol–water partition coefficient (Wildman–Crippen LogP) is 5.36. The van der Waals surface area contributed by atoms with Crippen molar-refractivity contribution in [1.82, 2.24) is 0 Å². The smallest absolute Gasteiger partial charge is 0.338 e. The first kappa shape index (κ1) is 29.6. The molecule has 3 aromatic carbocycles. The van der Waals surface area contributed by atoms with E-state index in [1.165, 1.54) is 24.3 Å². The minimum absolute atomic E-state index is 0.0341. The molecule has 1 aliphatic heterocycles. The molecule has 0 fully saturated rings. The molecule has 1 heterocycles. The summed E-state index contributed by atoms with van der Waals surface area (Å²) in [6.07, 6.45) is 0.209. The standard InChI is InChI=1S/C34H33FN2O6/c1-4-42-33(39)28-25(21-10-9-13-24(18-21)41-3)19-26-29(31(28)38)27(20-14-16-22(35)17-15-20)30(34(40)43-5-2)32(36)37(26)23-11-7-6-8-12-23/h6-18,25,27-28H,4-5,19,36H2,1-3H3/t25-,27-,28+/m0/s1. The maximum atomic E-state index is 14.8. The molecule has 2 N–H and O–H groups in total. The lowest BCUT2D eigenvalue weighted by atomic mass is 9.67. The fourth-order valence-corrected chi connectivity index (χ4v) is 5.98. The number of hydrogen-bond acceptors (Lipinski definition) is 8. The number of nitrogens with zero attached hydrogens (tertiary/aromatic N) is 1. The zero-order chi connectivity index (χ0) is 30.7. The molecule has 0 unspecified atom stereocenters. The van der Waals surface area contributed by atoms with Crippen molar-refractivity contribution < 1.29 is 33.0 Å². The topological polar surface area (TPSA) is 108 Å². The molecular weight excluding hydrogens is 551 g/mol. The molecule has 0 spiro atoms. The van der Waals surface area contributed by atoms with Crippen LogP contribution in [-0.4, -0.2) is 38.0 Å². The van der Waals surface area contributed by atoms with Crippen molar-refractivity contribution in [3.63, 3.8) is 0 Å². The summed E-state index contributed by atoms with van der Waals surface area (Å²) in [5, 5.41) is 0. The highest BCUT2D eigenvalue weighted by atomic mass is 19.1. The summed E-state index contributed by atoms with van der Waals surface area (Å²) in [6.45, 7) is 3.50. The first-order valence-corrected chi connectivity index (χ1v) is 14.2. The average Bonchev–Trinajstić information content (AvgIpc) is 3.01. The van der Waals surface area contributed by atoms with E-state index in [2.05, 4.69) is 0 Å². The second-order valence-corrected chi connectivity index (χ2v) is 10.2. The summed E-state index contributed by atoms with van der Waals surface area (Å²) in [5.74, 6) is -4.55. The molecule has 0 aromatic heterocycles. The lowest BCUT2D eigenvalue weighted by molar-refractivity contribution is -0.152. The first-order chi connectivity index (χ1) is 20.8. The van der Waals surface area contributed by atoms with Crippen LogP contribution in [0.5, 0.6) is 5.75 Å². The van der Waals surface area contributed by atoms with E-state index >= 15 is 0 Å². The van der Waals surface area contributed by atoms with Crippen LogP contribution in [0.15, 0.2) is 102 Å². The molecule has 0 saturated carbocycles. The quantitative estimate of drug-likeness (QED) is 0.279. The Kier molecular flexibility index (Phi) is 8.61. The average molecular weight is 585 g/mol. The van der Waals surface area contributed by atoms with Gasteiger partial charge in [-0.2, -0.15) is 0 Å². The van der Waals surface area contributed by atoms with Crippen molar-refractivity contribution in [3.8, 4) is 5.75 Å². The Hall–Kier alpha value is -4.92. The Labute approximate surface area is 249 Å². The van der Waals surface area contributed by atoms with Crippen LogP contribution in [0.3, 0.4) is 0 Å². The molecule has 0 amide bonds. The molecular formula is C34H33FN2O6. The van der Waals surface area contributed by atoms with Crippen LogP contribution in [0.1, 0.15) is 43.2 Å². The highest BCUT2D eigenvalue weighted by Gasteiger charge is 2.51. The summed E-state index contributed by atoms with van der Waals surface area (Å²) < 4.78 is 30.4. The monoisotopic (exact) mass is 584 g/mol. The predicted molar refractivity (Wildman–Crippen MR) is 158 cm³/mol. The zero-order valence-electron chi connectivity index (χ0n) is 24.2. The van der Waals surface area contributed by atoms with Gasteiger partial charge in [-0.25, -0.2) is 9.18 Å². The Bertz CT molecular complexity index is 1600. The number of carbonyl (C=O) groups is 3. The maximum absolute atomic E-state index is 14.8. The SMILES string of the molecule is CCOC(=O)C1=C(N)N(c2ccccc2)C2=C(C(=O)[C@H](C(=O)OCC)[C@H](c3cccc(OC)c3)C2)[C@@H]1c1ccc(F)cc1. The summed E-state index contributed by atoms with van der Waals surface area (Å²) in [5.41, 5.74) is 9.42. The van der Waals surface area contributed by atoms with Crippen LogP contribution < -0.4 is 15.4 Å². The summed E-state index contributed by atoms with van der Waals surface area (Å²) in [4.78, 5) is 43.6. The number of benzene rings is 3. The van der Waals surface area contributed by atoms with Gasteiger partial charge in [0, 0.05) is 22.9 Å². The van der Waals surface area contributed by atoms with E-state index in [-0.39, 0.29) is 36.6 Å². The number of methoxy groups -OCH3 is 1. The van der Waals surface area contributed by atoms with Crippen LogP contribution >= 0.6 is 0 Å². The third kappa shape index (κ3) is 5.50. The molecule has 9 heteroatoms. The van der Waals surface area contributed by atoms with Crippen LogP contribution in [0.4, 0.5) is 10.1 Å². The lowest BCUT2D eigenvalue weighted by Crippen LogP contribution is -2.46. The third-order valence-electron chi connectivity index (χ3n) is 7.81. The van der Waals surface area contributed by atoms with E-state index in [9.17, 15) is 18.8 Å². The summed E-state index contributed by atoms with van der Waals surface area (Å²) >= 11 is 0. The van der Waals surface area contributed by atoms with Crippen LogP contribution in [0.25, 0.3) is 0 Å². The minimum Gasteiger partial charge on any atom is -0.497 e. The van der Waals surface area contributed by atoms with Gasteiger partial charge in [0.2, 0.25) is 0 Å². The van der Waals surface area contributed by atoms with E-state index in [1.54, 1.807) is 44.1 Å². The van der Waals surface area contributed by atoms with Gasteiger partial charge >= 0.3 is 11.9 Å². The van der Waals surface area contributed by atoms with Crippen molar-refractivity contribution >= 4 is 23.4 Å². The van der Waals surface area contributed by atoms with E-state index in [0.29, 0.717) is 28.3 Å². The van der Waals surface area contributed by atoms with Gasteiger partial charge in [0.1, 0.15) is 23.3 Å². The van der Waals surface area contributed by atoms with Gasteiger partial charge < -0.3 is 19.9 Å². The van der Waals surface area contributed by atoms with Crippen molar-refractivity contribution in [2.75, 3.05) is 25.2 Å². The van der Waals surface area contributed by atoms with E-state index in [0.717, 1.165) is 0 Å². The van der Waals surface area contributed by atoms with Gasteiger partial charge in [-0.05, 0) is 67.8 Å². The fraction of sp³-hybridized carbons (Fsp3) is 0.265. The number of hydrogen-bond donors (Lipinski definition) is 1. The summed E-state index contributed by atoms with van der Waals surface area (Å²) in [6, 6.07) is 21.9. The highest BCUT2D eigenvalue weighted by molar-refractivity contribution is 6.14. The molecule has 5 rings (SSSR count). The normalized spacial score (nSPS) is 20.0. The van der Waals surface area contributed by atoms with Crippen molar-refractivity contribution in [2.45, 2.75) is 32.1 Å². The molecule has 43 heavy (non-hydrogen) atoms. The second-order valence-electron chi connectivity index (χ2n) is 10.2. The summed E-state index contributed by atoms with van der Waals surface area (Å²) in [7, 11) is 1.54. The van der Waals surface area contributed by atoms with Crippen LogP contribution in [0.2, 0.25) is 0 Å². The van der Waals surface area contributed by atoms with Gasteiger partial charge in [-0.15, -0.1) is 0 Å². The zero-order valence-corrected chi connectivity index (χ0v) is 24.2. The molecule has 3 aromatic rings. The van der Waals surface area contributed by atoms with Crippen molar-refractivity contribution in [2.24, 2.45) is 11.7 Å². The molecule has 3 atom stereocenters.